The molecule has 1 aromatic carbocycles. The Morgan fingerprint density at radius 1 is 1.42 bits per heavy atom. The van der Waals surface area contributed by atoms with E-state index in [-0.39, 0.29) is 16.8 Å². The van der Waals surface area contributed by atoms with E-state index < -0.39 is 0 Å². The van der Waals surface area contributed by atoms with Gasteiger partial charge in [-0.2, -0.15) is 0 Å². The fraction of sp³-hybridized carbons (Fsp3) is 0.333. The van der Waals surface area contributed by atoms with Crippen LogP contribution >= 0.6 is 23.2 Å². The van der Waals surface area contributed by atoms with Crippen LogP contribution in [-0.4, -0.2) is 19.9 Å². The van der Waals surface area contributed by atoms with Crippen LogP contribution in [0.2, 0.25) is 10.0 Å². The minimum absolute atomic E-state index is 0.00958. The van der Waals surface area contributed by atoms with Crippen LogP contribution in [0.1, 0.15) is 24.4 Å². The van der Waals surface area contributed by atoms with Crippen molar-refractivity contribution in [1.29, 1.82) is 0 Å². The maximum Gasteiger partial charge on any atom is 0.149 e. The molecule has 0 saturated carbocycles. The number of phenolic OH excluding ortho intramolecular Hbond substituents is 1. The Kier molecular flexibility index (Phi) is 4.29. The number of hydrogen-bond acceptors (Lipinski definition) is 4. The molecule has 0 bridgehead atoms. The molecule has 1 atom stereocenters. The number of halogens is 2. The molecule has 1 aromatic heterocycles. The molecule has 2 aromatic rings. The topological polar surface area (TPSA) is 63.0 Å². The molecule has 0 aliphatic rings. The van der Waals surface area contributed by atoms with Crippen LogP contribution in [0.5, 0.6) is 5.75 Å². The second-order valence-corrected chi connectivity index (χ2v) is 5.14. The van der Waals surface area contributed by atoms with Crippen molar-refractivity contribution < 1.29 is 5.11 Å². The van der Waals surface area contributed by atoms with Crippen LogP contribution in [0, 0.1) is 0 Å². The highest BCUT2D eigenvalue weighted by Crippen LogP contribution is 2.31. The van der Waals surface area contributed by atoms with E-state index in [4.69, 9.17) is 23.2 Å². The summed E-state index contributed by atoms with van der Waals surface area (Å²) in [6, 6.07) is 3.18. The predicted octanol–water partition coefficient (Wildman–Crippen LogP) is 2.68. The number of nitrogens with one attached hydrogen (secondary N) is 1. The second-order valence-electron chi connectivity index (χ2n) is 4.30. The van der Waals surface area contributed by atoms with Crippen molar-refractivity contribution in [2.75, 3.05) is 0 Å². The van der Waals surface area contributed by atoms with Gasteiger partial charge >= 0.3 is 0 Å². The van der Waals surface area contributed by atoms with E-state index >= 15 is 0 Å². The van der Waals surface area contributed by atoms with Crippen molar-refractivity contribution in [3.8, 4) is 5.75 Å². The van der Waals surface area contributed by atoms with E-state index in [0.29, 0.717) is 17.1 Å². The highest BCUT2D eigenvalue weighted by molar-refractivity contribution is 6.35. The molecular weight excluding hydrogens is 287 g/mol. The molecule has 0 amide bonds. The maximum absolute atomic E-state index is 9.86. The van der Waals surface area contributed by atoms with Gasteiger partial charge in [0.2, 0.25) is 0 Å². The minimum atomic E-state index is -0.00958. The van der Waals surface area contributed by atoms with Crippen LogP contribution in [0.15, 0.2) is 18.5 Å². The zero-order valence-corrected chi connectivity index (χ0v) is 12.1. The van der Waals surface area contributed by atoms with Gasteiger partial charge in [0.1, 0.15) is 17.9 Å². The Bertz CT molecular complexity index is 585. The summed E-state index contributed by atoms with van der Waals surface area (Å²) in [5, 5.41) is 21.7. The Morgan fingerprint density at radius 3 is 2.79 bits per heavy atom. The van der Waals surface area contributed by atoms with Gasteiger partial charge in [-0.25, -0.2) is 0 Å². The lowest BCUT2D eigenvalue weighted by atomic mass is 10.2. The van der Waals surface area contributed by atoms with Gasteiger partial charge in [-0.1, -0.05) is 23.2 Å². The van der Waals surface area contributed by atoms with E-state index in [1.54, 1.807) is 12.4 Å². The van der Waals surface area contributed by atoms with Gasteiger partial charge in [-0.05, 0) is 19.1 Å². The van der Waals surface area contributed by atoms with Crippen molar-refractivity contribution in [3.05, 3.63) is 39.9 Å². The fourth-order valence-corrected chi connectivity index (χ4v) is 2.33. The summed E-state index contributed by atoms with van der Waals surface area (Å²) >= 11 is 11.8. The molecule has 0 fully saturated rings. The average molecular weight is 301 g/mol. The number of aromatic hydroxyl groups is 1. The molecule has 7 heteroatoms. The Hall–Kier alpha value is -1.30. The van der Waals surface area contributed by atoms with Crippen molar-refractivity contribution >= 4 is 23.2 Å². The average Bonchev–Trinajstić information content (AvgIpc) is 2.78. The van der Waals surface area contributed by atoms with E-state index in [2.05, 4.69) is 15.5 Å². The molecular formula is C12H14Cl2N4O. The lowest BCUT2D eigenvalue weighted by Gasteiger charge is -2.14. The van der Waals surface area contributed by atoms with Crippen molar-refractivity contribution in [3.63, 3.8) is 0 Å². The summed E-state index contributed by atoms with van der Waals surface area (Å²) in [5.74, 6) is 0.858. The van der Waals surface area contributed by atoms with Crippen molar-refractivity contribution in [1.82, 2.24) is 20.1 Å². The number of nitrogens with zero attached hydrogens (tertiary/aromatic N) is 3. The van der Waals surface area contributed by atoms with E-state index in [9.17, 15) is 5.11 Å². The third-order valence-corrected chi connectivity index (χ3v) is 3.35. The summed E-state index contributed by atoms with van der Waals surface area (Å²) in [6.07, 6.45) is 1.64. The maximum atomic E-state index is 9.86. The first kappa shape index (κ1) is 14.1. The summed E-state index contributed by atoms with van der Waals surface area (Å²) in [5.41, 5.74) is 0.645. The SMILES string of the molecule is CC(NCc1cc(Cl)cc(Cl)c1O)c1nncn1C. The molecule has 2 rings (SSSR count). The quantitative estimate of drug-likeness (QED) is 0.911. The molecule has 102 valence electrons. The largest absolute Gasteiger partial charge is 0.506 e. The third-order valence-electron chi connectivity index (χ3n) is 2.84. The minimum Gasteiger partial charge on any atom is -0.506 e. The number of phenols is 1. The number of benzene rings is 1. The van der Waals surface area contributed by atoms with Crippen LogP contribution in [-0.2, 0) is 13.6 Å². The molecule has 0 aliphatic heterocycles. The molecule has 0 radical (unpaired) electrons. The van der Waals surface area contributed by atoms with Gasteiger partial charge in [-0.3, -0.25) is 0 Å². The molecule has 5 nitrogen and oxygen atoms in total. The molecule has 0 spiro atoms. The van der Waals surface area contributed by atoms with Gasteiger partial charge in [0.05, 0.1) is 11.1 Å². The van der Waals surface area contributed by atoms with E-state index in [1.807, 2.05) is 18.5 Å². The highest BCUT2D eigenvalue weighted by Gasteiger charge is 2.13. The molecule has 1 unspecified atom stereocenters. The van der Waals surface area contributed by atoms with Crippen LogP contribution in [0.4, 0.5) is 0 Å². The standard InChI is InChI=1S/C12H14Cl2N4O/c1-7(12-17-16-6-18(12)2)15-5-8-3-9(13)4-10(14)11(8)19/h3-4,6-7,15,19H,5H2,1-2H3. The molecule has 19 heavy (non-hydrogen) atoms. The second kappa shape index (κ2) is 5.77. The summed E-state index contributed by atoms with van der Waals surface area (Å²) in [7, 11) is 1.88. The third kappa shape index (κ3) is 3.18. The monoisotopic (exact) mass is 300 g/mol. The number of aryl methyl sites for hydroxylation is 1. The molecule has 0 saturated heterocycles. The van der Waals surface area contributed by atoms with Gasteiger partial charge in [-0.15, -0.1) is 10.2 Å². The summed E-state index contributed by atoms with van der Waals surface area (Å²) in [4.78, 5) is 0. The van der Waals surface area contributed by atoms with Gasteiger partial charge in [0, 0.05) is 24.2 Å². The first-order chi connectivity index (χ1) is 8.99. The Balaban J connectivity index is 2.09. The Morgan fingerprint density at radius 2 is 2.16 bits per heavy atom. The lowest BCUT2D eigenvalue weighted by Crippen LogP contribution is -2.21. The van der Waals surface area contributed by atoms with E-state index in [0.717, 1.165) is 5.82 Å². The highest BCUT2D eigenvalue weighted by atomic mass is 35.5. The number of hydrogen-bond donors (Lipinski definition) is 2. The number of rotatable bonds is 4. The van der Waals surface area contributed by atoms with Crippen molar-refractivity contribution in [2.45, 2.75) is 19.5 Å². The lowest BCUT2D eigenvalue weighted by molar-refractivity contribution is 0.457. The molecule has 2 N–H and O–H groups in total. The predicted molar refractivity (Wildman–Crippen MR) is 74.4 cm³/mol. The summed E-state index contributed by atoms with van der Waals surface area (Å²) < 4.78 is 1.84. The van der Waals surface area contributed by atoms with Gasteiger partial charge < -0.3 is 15.0 Å². The summed E-state index contributed by atoms with van der Waals surface area (Å²) in [6.45, 7) is 2.40. The van der Waals surface area contributed by atoms with Gasteiger partial charge in [0.25, 0.3) is 0 Å². The van der Waals surface area contributed by atoms with Crippen LogP contribution in [0.3, 0.4) is 0 Å². The fourth-order valence-electron chi connectivity index (χ4n) is 1.79. The van der Waals surface area contributed by atoms with Crippen molar-refractivity contribution in [2.24, 2.45) is 7.05 Å². The smallest absolute Gasteiger partial charge is 0.149 e. The zero-order valence-electron chi connectivity index (χ0n) is 10.6. The first-order valence-corrected chi connectivity index (χ1v) is 6.48. The van der Waals surface area contributed by atoms with Crippen LogP contribution in [0.25, 0.3) is 0 Å². The Labute approximate surface area is 121 Å². The molecule has 1 heterocycles. The normalized spacial score (nSPS) is 12.6. The van der Waals surface area contributed by atoms with Crippen LogP contribution < -0.4 is 5.32 Å². The first-order valence-electron chi connectivity index (χ1n) is 5.73. The van der Waals surface area contributed by atoms with E-state index in [1.165, 1.54) is 6.07 Å². The van der Waals surface area contributed by atoms with Gasteiger partial charge in [0.15, 0.2) is 0 Å². The number of aromatic nitrogens is 3. The molecule has 0 aliphatic carbocycles. The zero-order chi connectivity index (χ0) is 14.0.